The number of rotatable bonds is 8. The normalized spacial score (nSPS) is 13.9. The number of nitrogens with zero attached hydrogens (tertiary/aromatic N) is 1. The molecule has 0 saturated heterocycles. The molecule has 1 heterocycles. The van der Waals surface area contributed by atoms with Gasteiger partial charge >= 0.3 is 5.97 Å². The minimum Gasteiger partial charge on any atom is -0.490 e. The van der Waals surface area contributed by atoms with E-state index in [0.29, 0.717) is 41.0 Å². The molecule has 7 nitrogen and oxygen atoms in total. The third kappa shape index (κ3) is 6.15. The number of hydrogen-bond acceptors (Lipinski definition) is 7. The van der Waals surface area contributed by atoms with Gasteiger partial charge in [-0.05, 0) is 61.4 Å². The Bertz CT molecular complexity index is 1730. The zero-order chi connectivity index (χ0) is 29.8. The molecule has 0 radical (unpaired) electrons. The van der Waals surface area contributed by atoms with E-state index in [1.54, 1.807) is 24.3 Å². The molecule has 0 bridgehead atoms. The molecule has 4 aromatic rings. The summed E-state index contributed by atoms with van der Waals surface area (Å²) in [6.45, 7) is 4.72. The van der Waals surface area contributed by atoms with Gasteiger partial charge in [0.05, 0.1) is 23.1 Å². The molecule has 2 N–H and O–H groups in total. The summed E-state index contributed by atoms with van der Waals surface area (Å²) in [7, 11) is 0. The number of nitrogens with two attached hydrogens (primary N) is 1. The van der Waals surface area contributed by atoms with Crippen molar-refractivity contribution in [2.45, 2.75) is 26.4 Å². The van der Waals surface area contributed by atoms with Gasteiger partial charge in [0.15, 0.2) is 11.5 Å². The van der Waals surface area contributed by atoms with Gasteiger partial charge in [-0.25, -0.2) is 4.79 Å². The largest absolute Gasteiger partial charge is 0.490 e. The number of carbonyl (C=O) groups is 1. The third-order valence-corrected chi connectivity index (χ3v) is 7.22. The van der Waals surface area contributed by atoms with E-state index in [2.05, 4.69) is 6.07 Å². The fourth-order valence-corrected chi connectivity index (χ4v) is 5.08. The van der Waals surface area contributed by atoms with E-state index in [9.17, 15) is 10.1 Å². The first-order valence-corrected chi connectivity index (χ1v) is 13.9. The molecule has 1 unspecified atom stereocenters. The Labute approximate surface area is 253 Å². The zero-order valence-electron chi connectivity index (χ0n) is 22.8. The molecule has 5 rings (SSSR count). The van der Waals surface area contributed by atoms with Gasteiger partial charge in [0.1, 0.15) is 29.7 Å². The molecule has 4 aromatic carbocycles. The van der Waals surface area contributed by atoms with E-state index in [-0.39, 0.29) is 27.8 Å². The molecule has 9 heteroatoms. The maximum atomic E-state index is 12.8. The van der Waals surface area contributed by atoms with Crippen LogP contribution in [0, 0.1) is 18.3 Å². The third-order valence-electron chi connectivity index (χ3n) is 6.67. The molecular weight excluding hydrogens is 575 g/mol. The van der Waals surface area contributed by atoms with Crippen molar-refractivity contribution in [1.82, 2.24) is 0 Å². The van der Waals surface area contributed by atoms with Gasteiger partial charge in [-0.3, -0.25) is 0 Å². The molecule has 0 amide bonds. The summed E-state index contributed by atoms with van der Waals surface area (Å²) in [6, 6.07) is 25.2. The second kappa shape index (κ2) is 12.5. The molecule has 1 atom stereocenters. The summed E-state index contributed by atoms with van der Waals surface area (Å²) in [5.41, 5.74) is 10.2. The number of carbonyl (C=O) groups excluding carboxylic acids is 1. The molecular formula is C33H26Cl2N2O5. The average Bonchev–Trinajstić information content (AvgIpc) is 2.96. The molecule has 0 fully saturated rings. The van der Waals surface area contributed by atoms with Crippen molar-refractivity contribution in [3.63, 3.8) is 0 Å². The number of allylic oxidation sites excluding steroid dienone is 1. The molecule has 0 aromatic heterocycles. The Hall–Kier alpha value is -4.64. The lowest BCUT2D eigenvalue weighted by molar-refractivity contribution is 0.0734. The Balaban J connectivity index is 1.44. The van der Waals surface area contributed by atoms with Crippen molar-refractivity contribution < 1.29 is 23.7 Å². The monoisotopic (exact) mass is 600 g/mol. The van der Waals surface area contributed by atoms with Crippen molar-refractivity contribution in [3.05, 3.63) is 128 Å². The molecule has 0 saturated carbocycles. The second-order valence-corrected chi connectivity index (χ2v) is 10.4. The SMILES string of the molecule is CCOc1cc(C2C(C#N)=C(N)Oc3cc(OC(=O)c4ccc(Cl)cc4Cl)ccc32)ccc1OCc1ccc(C)cc1. The number of hydrogen-bond donors (Lipinski definition) is 1. The number of halogens is 2. The number of benzene rings is 4. The lowest BCUT2D eigenvalue weighted by atomic mass is 9.83. The summed E-state index contributed by atoms with van der Waals surface area (Å²) < 4.78 is 23.4. The minimum atomic E-state index is -0.659. The highest BCUT2D eigenvalue weighted by molar-refractivity contribution is 6.36. The Morgan fingerprint density at radius 2 is 1.76 bits per heavy atom. The first-order valence-electron chi connectivity index (χ1n) is 13.1. The highest BCUT2D eigenvalue weighted by Crippen LogP contribution is 2.45. The van der Waals surface area contributed by atoms with Crippen LogP contribution in [0.25, 0.3) is 0 Å². The molecule has 0 aliphatic carbocycles. The molecule has 0 spiro atoms. The van der Waals surface area contributed by atoms with Crippen molar-refractivity contribution in [2.75, 3.05) is 6.61 Å². The minimum absolute atomic E-state index is 0.0446. The fourth-order valence-electron chi connectivity index (χ4n) is 4.60. The van der Waals surface area contributed by atoms with Crippen molar-refractivity contribution in [1.29, 1.82) is 5.26 Å². The quantitative estimate of drug-likeness (QED) is 0.163. The zero-order valence-corrected chi connectivity index (χ0v) is 24.3. The van der Waals surface area contributed by atoms with Crippen LogP contribution in [0.1, 0.15) is 45.5 Å². The van der Waals surface area contributed by atoms with Gasteiger partial charge < -0.3 is 24.7 Å². The maximum absolute atomic E-state index is 12.8. The number of esters is 1. The second-order valence-electron chi connectivity index (χ2n) is 9.55. The standard InChI is InChI=1S/C33H26Cl2N2O5/c1-3-39-30-14-21(8-13-28(30)40-18-20-6-4-19(2)5-7-20)31-25-12-10-23(16-29(25)42-32(37)26(31)17-36)41-33(38)24-11-9-22(34)15-27(24)35/h4-16,31H,3,18,37H2,1-2H3. The van der Waals surface area contributed by atoms with Crippen LogP contribution in [-0.4, -0.2) is 12.6 Å². The van der Waals surface area contributed by atoms with E-state index >= 15 is 0 Å². The summed E-state index contributed by atoms with van der Waals surface area (Å²) >= 11 is 12.1. The molecule has 1 aliphatic heterocycles. The van der Waals surface area contributed by atoms with Gasteiger partial charge in [-0.2, -0.15) is 5.26 Å². The Kier molecular flexibility index (Phi) is 8.58. The number of aryl methyl sites for hydroxylation is 1. The van der Waals surface area contributed by atoms with Crippen LogP contribution in [0.4, 0.5) is 0 Å². The van der Waals surface area contributed by atoms with E-state index in [4.69, 9.17) is 47.9 Å². The van der Waals surface area contributed by atoms with E-state index < -0.39 is 11.9 Å². The topological polar surface area (TPSA) is 104 Å². The molecule has 212 valence electrons. The van der Waals surface area contributed by atoms with Crippen LogP contribution < -0.4 is 24.7 Å². The van der Waals surface area contributed by atoms with Crippen LogP contribution in [0.15, 0.2) is 90.3 Å². The van der Waals surface area contributed by atoms with Gasteiger partial charge in [-0.1, -0.05) is 65.2 Å². The van der Waals surface area contributed by atoms with Crippen LogP contribution >= 0.6 is 23.2 Å². The number of nitriles is 1. The predicted octanol–water partition coefficient (Wildman–Crippen LogP) is 7.72. The Morgan fingerprint density at radius 3 is 2.48 bits per heavy atom. The average molecular weight is 601 g/mol. The summed E-state index contributed by atoms with van der Waals surface area (Å²) in [4.78, 5) is 12.8. The lowest BCUT2D eigenvalue weighted by Crippen LogP contribution is -2.21. The van der Waals surface area contributed by atoms with Gasteiger partial charge in [0.2, 0.25) is 5.88 Å². The highest BCUT2D eigenvalue weighted by Gasteiger charge is 2.32. The fraction of sp³-hybridized carbons (Fsp3) is 0.152. The first-order chi connectivity index (χ1) is 20.3. The molecule has 42 heavy (non-hydrogen) atoms. The molecule has 1 aliphatic rings. The summed E-state index contributed by atoms with van der Waals surface area (Å²) in [5, 5.41) is 10.6. The van der Waals surface area contributed by atoms with Crippen molar-refractivity contribution in [3.8, 4) is 29.1 Å². The van der Waals surface area contributed by atoms with Crippen LogP contribution in [0.2, 0.25) is 10.0 Å². The number of ether oxygens (including phenoxy) is 4. The van der Waals surface area contributed by atoms with Gasteiger partial charge in [0, 0.05) is 16.7 Å². The first kappa shape index (κ1) is 28.9. The van der Waals surface area contributed by atoms with Gasteiger partial charge in [-0.15, -0.1) is 0 Å². The van der Waals surface area contributed by atoms with Crippen molar-refractivity contribution in [2.24, 2.45) is 5.73 Å². The Morgan fingerprint density at radius 1 is 0.976 bits per heavy atom. The van der Waals surface area contributed by atoms with Crippen LogP contribution in [0.3, 0.4) is 0 Å². The highest BCUT2D eigenvalue weighted by atomic mass is 35.5. The van der Waals surface area contributed by atoms with E-state index in [0.717, 1.165) is 11.1 Å². The van der Waals surface area contributed by atoms with Crippen LogP contribution in [0.5, 0.6) is 23.0 Å². The van der Waals surface area contributed by atoms with E-state index in [1.165, 1.54) is 17.7 Å². The van der Waals surface area contributed by atoms with Crippen molar-refractivity contribution >= 4 is 29.2 Å². The predicted molar refractivity (Wildman–Crippen MR) is 160 cm³/mol. The smallest absolute Gasteiger partial charge is 0.345 e. The lowest BCUT2D eigenvalue weighted by Gasteiger charge is -2.27. The summed E-state index contributed by atoms with van der Waals surface area (Å²) in [6.07, 6.45) is 0. The van der Waals surface area contributed by atoms with E-state index in [1.807, 2.05) is 56.3 Å². The maximum Gasteiger partial charge on any atom is 0.345 e. The summed E-state index contributed by atoms with van der Waals surface area (Å²) in [5.74, 6) is 0.418. The number of fused-ring (bicyclic) bond motifs is 1. The van der Waals surface area contributed by atoms with Gasteiger partial charge in [0.25, 0.3) is 0 Å². The van der Waals surface area contributed by atoms with Crippen LogP contribution in [-0.2, 0) is 6.61 Å².